The van der Waals surface area contributed by atoms with E-state index in [4.69, 9.17) is 14.2 Å². The first-order valence-corrected chi connectivity index (χ1v) is 7.68. The van der Waals surface area contributed by atoms with Crippen molar-refractivity contribution in [2.24, 2.45) is 0 Å². The summed E-state index contributed by atoms with van der Waals surface area (Å²) in [4.78, 5) is 1.13. The second kappa shape index (κ2) is 4.97. The highest BCUT2D eigenvalue weighted by Crippen LogP contribution is 2.46. The van der Waals surface area contributed by atoms with Gasteiger partial charge in [-0.3, -0.25) is 0 Å². The molecule has 106 valence electrons. The molecule has 0 bridgehead atoms. The average Bonchev–Trinajstić information content (AvgIpc) is 2.98. The van der Waals surface area contributed by atoms with E-state index in [1.807, 2.05) is 17.5 Å². The fraction of sp³-hybridized carbons (Fsp3) is 0.176. The SMILES string of the molecule is COc1ccc2cc(-c3scc4c3OCCO4)ccc2c1. The molecule has 0 N–H and O–H groups in total. The number of hydrogen-bond acceptors (Lipinski definition) is 4. The van der Waals surface area contributed by atoms with Gasteiger partial charge in [-0.05, 0) is 34.5 Å². The Bertz CT molecular complexity index is 807. The minimum Gasteiger partial charge on any atom is -0.497 e. The highest BCUT2D eigenvalue weighted by atomic mass is 32.1. The average molecular weight is 298 g/mol. The van der Waals surface area contributed by atoms with Crippen molar-refractivity contribution in [2.45, 2.75) is 0 Å². The molecule has 1 aliphatic rings. The zero-order valence-corrected chi connectivity index (χ0v) is 12.4. The van der Waals surface area contributed by atoms with Crippen LogP contribution in [0.5, 0.6) is 17.2 Å². The Balaban J connectivity index is 1.82. The van der Waals surface area contributed by atoms with Crippen LogP contribution < -0.4 is 14.2 Å². The Morgan fingerprint density at radius 3 is 2.71 bits per heavy atom. The van der Waals surface area contributed by atoms with Gasteiger partial charge in [0.05, 0.1) is 12.0 Å². The van der Waals surface area contributed by atoms with Gasteiger partial charge >= 0.3 is 0 Å². The van der Waals surface area contributed by atoms with E-state index >= 15 is 0 Å². The number of fused-ring (bicyclic) bond motifs is 2. The van der Waals surface area contributed by atoms with Crippen LogP contribution in [-0.4, -0.2) is 20.3 Å². The topological polar surface area (TPSA) is 27.7 Å². The second-order valence-corrected chi connectivity index (χ2v) is 5.76. The maximum atomic E-state index is 5.76. The molecule has 4 heteroatoms. The van der Waals surface area contributed by atoms with E-state index in [9.17, 15) is 0 Å². The highest BCUT2D eigenvalue weighted by Gasteiger charge is 2.19. The number of ether oxygens (including phenoxy) is 3. The molecular weight excluding hydrogens is 284 g/mol. The van der Waals surface area contributed by atoms with E-state index in [0.717, 1.165) is 27.7 Å². The van der Waals surface area contributed by atoms with E-state index in [0.29, 0.717) is 13.2 Å². The van der Waals surface area contributed by atoms with Gasteiger partial charge in [-0.1, -0.05) is 18.2 Å². The molecule has 0 aliphatic carbocycles. The lowest BCUT2D eigenvalue weighted by molar-refractivity contribution is 0.174. The van der Waals surface area contributed by atoms with Crippen molar-refractivity contribution in [3.63, 3.8) is 0 Å². The number of hydrogen-bond donors (Lipinski definition) is 0. The van der Waals surface area contributed by atoms with Gasteiger partial charge in [0.15, 0.2) is 11.5 Å². The lowest BCUT2D eigenvalue weighted by Crippen LogP contribution is -2.14. The van der Waals surface area contributed by atoms with Crippen LogP contribution in [0.4, 0.5) is 0 Å². The lowest BCUT2D eigenvalue weighted by atomic mass is 10.1. The fourth-order valence-corrected chi connectivity index (χ4v) is 3.48. The predicted molar refractivity (Wildman–Crippen MR) is 84.8 cm³/mol. The molecule has 2 aromatic carbocycles. The third-order valence-corrected chi connectivity index (χ3v) is 4.60. The normalized spacial score (nSPS) is 13.4. The number of methoxy groups -OCH3 is 1. The van der Waals surface area contributed by atoms with Crippen LogP contribution in [0.1, 0.15) is 0 Å². The summed E-state index contributed by atoms with van der Waals surface area (Å²) >= 11 is 1.66. The van der Waals surface area contributed by atoms with E-state index in [-0.39, 0.29) is 0 Å². The van der Waals surface area contributed by atoms with Crippen molar-refractivity contribution in [2.75, 3.05) is 20.3 Å². The molecule has 0 radical (unpaired) electrons. The molecule has 21 heavy (non-hydrogen) atoms. The summed E-state index contributed by atoms with van der Waals surface area (Å²) in [7, 11) is 1.69. The molecule has 3 nitrogen and oxygen atoms in total. The minimum absolute atomic E-state index is 0.613. The molecule has 0 amide bonds. The van der Waals surface area contributed by atoms with Crippen LogP contribution in [0.15, 0.2) is 41.8 Å². The van der Waals surface area contributed by atoms with E-state index in [2.05, 4.69) is 24.3 Å². The molecule has 4 rings (SSSR count). The van der Waals surface area contributed by atoms with Gasteiger partial charge in [0.1, 0.15) is 19.0 Å². The first-order valence-electron chi connectivity index (χ1n) is 6.80. The quantitative estimate of drug-likeness (QED) is 0.704. The zero-order valence-electron chi connectivity index (χ0n) is 11.6. The van der Waals surface area contributed by atoms with Crippen molar-refractivity contribution >= 4 is 22.1 Å². The second-order valence-electron chi connectivity index (χ2n) is 4.88. The van der Waals surface area contributed by atoms with Gasteiger partial charge in [0.2, 0.25) is 0 Å². The summed E-state index contributed by atoms with van der Waals surface area (Å²) in [5, 5.41) is 4.37. The molecule has 0 spiro atoms. The largest absolute Gasteiger partial charge is 0.497 e. The molecule has 0 saturated carbocycles. The van der Waals surface area contributed by atoms with Crippen molar-refractivity contribution in [3.05, 3.63) is 41.8 Å². The van der Waals surface area contributed by atoms with E-state index in [1.165, 1.54) is 10.8 Å². The zero-order chi connectivity index (χ0) is 14.2. The summed E-state index contributed by atoms with van der Waals surface area (Å²) in [6.45, 7) is 1.24. The minimum atomic E-state index is 0.613. The standard InChI is InChI=1S/C17H14O3S/c1-18-14-5-4-11-8-13(3-2-12(11)9-14)17-16-15(10-21-17)19-6-7-20-16/h2-5,8-10H,6-7H2,1H3. The molecule has 3 aromatic rings. The molecule has 1 aliphatic heterocycles. The molecule has 1 aromatic heterocycles. The smallest absolute Gasteiger partial charge is 0.179 e. The maximum absolute atomic E-state index is 5.76. The third-order valence-electron chi connectivity index (χ3n) is 3.61. The molecule has 0 unspecified atom stereocenters. The summed E-state index contributed by atoms with van der Waals surface area (Å²) in [6, 6.07) is 12.5. The Kier molecular flexibility index (Phi) is 2.97. The van der Waals surface area contributed by atoms with Gasteiger partial charge < -0.3 is 14.2 Å². The molecular formula is C17H14O3S. The van der Waals surface area contributed by atoms with Crippen LogP contribution in [0.2, 0.25) is 0 Å². The first kappa shape index (κ1) is 12.5. The van der Waals surface area contributed by atoms with Crippen molar-refractivity contribution < 1.29 is 14.2 Å². The van der Waals surface area contributed by atoms with Crippen molar-refractivity contribution in [1.29, 1.82) is 0 Å². The van der Waals surface area contributed by atoms with Gasteiger partial charge in [-0.25, -0.2) is 0 Å². The van der Waals surface area contributed by atoms with Gasteiger partial charge in [-0.15, -0.1) is 11.3 Å². The van der Waals surface area contributed by atoms with Gasteiger partial charge in [0.25, 0.3) is 0 Å². The number of thiophene rings is 1. The van der Waals surface area contributed by atoms with Gasteiger partial charge in [-0.2, -0.15) is 0 Å². The monoisotopic (exact) mass is 298 g/mol. The summed E-state index contributed by atoms with van der Waals surface area (Å²) < 4.78 is 16.6. The first-order chi connectivity index (χ1) is 10.3. The molecule has 0 atom stereocenters. The highest BCUT2D eigenvalue weighted by molar-refractivity contribution is 7.14. The maximum Gasteiger partial charge on any atom is 0.179 e. The number of rotatable bonds is 2. The van der Waals surface area contributed by atoms with Crippen LogP contribution in [0.25, 0.3) is 21.2 Å². The lowest BCUT2D eigenvalue weighted by Gasteiger charge is -2.16. The Morgan fingerprint density at radius 2 is 1.81 bits per heavy atom. The van der Waals surface area contributed by atoms with Crippen LogP contribution in [-0.2, 0) is 0 Å². The summed E-state index contributed by atoms with van der Waals surface area (Å²) in [5.41, 5.74) is 1.16. The third kappa shape index (κ3) is 2.12. The van der Waals surface area contributed by atoms with Crippen LogP contribution in [0.3, 0.4) is 0 Å². The summed E-state index contributed by atoms with van der Waals surface area (Å²) in [5.74, 6) is 2.61. The van der Waals surface area contributed by atoms with E-state index in [1.54, 1.807) is 18.4 Å². The van der Waals surface area contributed by atoms with Gasteiger partial charge in [0, 0.05) is 5.38 Å². The number of benzene rings is 2. The van der Waals surface area contributed by atoms with E-state index < -0.39 is 0 Å². The van der Waals surface area contributed by atoms with Crippen molar-refractivity contribution in [1.82, 2.24) is 0 Å². The molecule has 2 heterocycles. The Hall–Kier alpha value is -2.20. The molecule has 0 fully saturated rings. The Labute approximate surface area is 126 Å². The fourth-order valence-electron chi connectivity index (χ4n) is 2.55. The van der Waals surface area contributed by atoms with Crippen LogP contribution >= 0.6 is 11.3 Å². The molecule has 0 saturated heterocycles. The predicted octanol–water partition coefficient (Wildman–Crippen LogP) is 4.35. The Morgan fingerprint density at radius 1 is 1.00 bits per heavy atom. The summed E-state index contributed by atoms with van der Waals surface area (Å²) in [6.07, 6.45) is 0. The van der Waals surface area contributed by atoms with Crippen molar-refractivity contribution in [3.8, 4) is 27.7 Å². The van der Waals surface area contributed by atoms with Crippen LogP contribution in [0, 0.1) is 0 Å².